The van der Waals surface area contributed by atoms with Crippen molar-refractivity contribution in [3.8, 4) is 0 Å². The number of hydrogen-bond acceptors (Lipinski definition) is 2. The van der Waals surface area contributed by atoms with Gasteiger partial charge < -0.3 is 4.74 Å². The summed E-state index contributed by atoms with van der Waals surface area (Å²) in [5.74, 6) is -0.242. The lowest BCUT2D eigenvalue weighted by atomic mass is 10.2. The van der Waals surface area contributed by atoms with Crippen molar-refractivity contribution in [3.05, 3.63) is 35.9 Å². The van der Waals surface area contributed by atoms with Gasteiger partial charge in [0.2, 0.25) is 0 Å². The van der Waals surface area contributed by atoms with E-state index in [9.17, 15) is 9.18 Å². The minimum Gasteiger partial charge on any atom is -0.461 e. The molecule has 72 valence electrons. The standard InChI is InChI=1S/C9H10O2.CH3F/c1-8(10)11-7-9-5-3-2-4-6-9;1-2/h2-6H,7H2,1H3;1H3. The Morgan fingerprint density at radius 2 is 1.85 bits per heavy atom. The molecule has 0 saturated heterocycles. The van der Waals surface area contributed by atoms with Crippen molar-refractivity contribution < 1.29 is 13.9 Å². The van der Waals surface area contributed by atoms with E-state index in [4.69, 9.17) is 4.74 Å². The van der Waals surface area contributed by atoms with E-state index in [0.717, 1.165) is 5.56 Å². The highest BCUT2D eigenvalue weighted by molar-refractivity contribution is 5.65. The average molecular weight is 184 g/mol. The second kappa shape index (κ2) is 7.28. The van der Waals surface area contributed by atoms with E-state index in [1.165, 1.54) is 6.92 Å². The number of alkyl halides is 1. The molecular formula is C10H13FO2. The van der Waals surface area contributed by atoms with Crippen LogP contribution in [-0.2, 0) is 16.1 Å². The van der Waals surface area contributed by atoms with Gasteiger partial charge >= 0.3 is 5.97 Å². The Labute approximate surface area is 77.3 Å². The number of esters is 1. The van der Waals surface area contributed by atoms with Gasteiger partial charge in [-0.3, -0.25) is 9.18 Å². The number of carbonyl (C=O) groups is 1. The van der Waals surface area contributed by atoms with Crippen molar-refractivity contribution in [2.75, 3.05) is 7.18 Å². The molecule has 0 heterocycles. The highest BCUT2D eigenvalue weighted by Crippen LogP contribution is 1.99. The van der Waals surface area contributed by atoms with Crippen LogP contribution in [0.1, 0.15) is 12.5 Å². The monoisotopic (exact) mass is 184 g/mol. The lowest BCUT2D eigenvalue weighted by Gasteiger charge is -1.99. The minimum atomic E-state index is -0.242. The van der Waals surface area contributed by atoms with Crippen LogP contribution in [0.3, 0.4) is 0 Å². The predicted molar refractivity (Wildman–Crippen MR) is 48.9 cm³/mol. The Bertz CT molecular complexity index is 234. The van der Waals surface area contributed by atoms with E-state index in [-0.39, 0.29) is 5.97 Å². The molecule has 1 rings (SSSR count). The van der Waals surface area contributed by atoms with Crippen LogP contribution in [0.4, 0.5) is 4.39 Å². The summed E-state index contributed by atoms with van der Waals surface area (Å²) in [6, 6.07) is 9.60. The second-order valence-corrected chi connectivity index (χ2v) is 2.27. The van der Waals surface area contributed by atoms with Crippen molar-refractivity contribution in [2.24, 2.45) is 0 Å². The molecule has 1 aromatic rings. The molecular weight excluding hydrogens is 171 g/mol. The summed E-state index contributed by atoms with van der Waals surface area (Å²) in [4.78, 5) is 10.4. The van der Waals surface area contributed by atoms with Crippen LogP contribution < -0.4 is 0 Å². The smallest absolute Gasteiger partial charge is 0.302 e. The topological polar surface area (TPSA) is 26.3 Å². The number of carbonyl (C=O) groups excluding carboxylic acids is 1. The summed E-state index contributed by atoms with van der Waals surface area (Å²) in [5, 5.41) is 0. The van der Waals surface area contributed by atoms with E-state index in [1.807, 2.05) is 30.3 Å². The molecule has 0 atom stereocenters. The van der Waals surface area contributed by atoms with Crippen LogP contribution >= 0.6 is 0 Å². The zero-order chi connectivity index (χ0) is 10.1. The molecule has 13 heavy (non-hydrogen) atoms. The van der Waals surface area contributed by atoms with E-state index in [2.05, 4.69) is 0 Å². The number of benzene rings is 1. The quantitative estimate of drug-likeness (QED) is 0.659. The Kier molecular flexibility index (Phi) is 6.51. The van der Waals surface area contributed by atoms with Gasteiger partial charge in [0.15, 0.2) is 0 Å². The average Bonchev–Trinajstić information content (AvgIpc) is 2.19. The van der Waals surface area contributed by atoms with E-state index >= 15 is 0 Å². The highest BCUT2D eigenvalue weighted by atomic mass is 19.1. The van der Waals surface area contributed by atoms with Gasteiger partial charge in [0.25, 0.3) is 0 Å². The summed E-state index contributed by atoms with van der Waals surface area (Å²) >= 11 is 0. The number of ether oxygens (including phenoxy) is 1. The lowest BCUT2D eigenvalue weighted by Crippen LogP contribution is -1.97. The van der Waals surface area contributed by atoms with Crippen LogP contribution in [0.5, 0.6) is 0 Å². The number of hydrogen-bond donors (Lipinski definition) is 0. The van der Waals surface area contributed by atoms with Gasteiger partial charge in [-0.2, -0.15) is 0 Å². The molecule has 0 aliphatic rings. The molecule has 0 radical (unpaired) electrons. The van der Waals surface area contributed by atoms with Crippen molar-refractivity contribution in [1.29, 1.82) is 0 Å². The van der Waals surface area contributed by atoms with Gasteiger partial charge in [0.1, 0.15) is 6.61 Å². The molecule has 0 unspecified atom stereocenters. The fourth-order valence-electron chi connectivity index (χ4n) is 0.759. The molecule has 0 N–H and O–H groups in total. The fourth-order valence-corrected chi connectivity index (χ4v) is 0.759. The number of halogens is 1. The predicted octanol–water partition coefficient (Wildman–Crippen LogP) is 2.34. The summed E-state index contributed by atoms with van der Waals surface area (Å²) in [6.45, 7) is 1.78. The van der Waals surface area contributed by atoms with Gasteiger partial charge in [-0.05, 0) is 5.56 Å². The summed E-state index contributed by atoms with van der Waals surface area (Å²) in [7, 11) is 0.500. The summed E-state index contributed by atoms with van der Waals surface area (Å²) in [5.41, 5.74) is 1.02. The van der Waals surface area contributed by atoms with Crippen molar-refractivity contribution >= 4 is 5.97 Å². The van der Waals surface area contributed by atoms with Crippen molar-refractivity contribution in [2.45, 2.75) is 13.5 Å². The van der Waals surface area contributed by atoms with Gasteiger partial charge in [0.05, 0.1) is 7.18 Å². The first kappa shape index (κ1) is 11.6. The molecule has 0 saturated carbocycles. The molecule has 1 aromatic carbocycles. The molecule has 0 aliphatic carbocycles. The molecule has 0 aliphatic heterocycles. The van der Waals surface area contributed by atoms with Gasteiger partial charge in [-0.15, -0.1) is 0 Å². The molecule has 0 fully saturated rings. The number of rotatable bonds is 2. The maximum absolute atomic E-state index is 10.4. The normalized spacial score (nSPS) is 8.23. The van der Waals surface area contributed by atoms with Gasteiger partial charge in [0, 0.05) is 6.92 Å². The Morgan fingerprint density at radius 1 is 1.31 bits per heavy atom. The largest absolute Gasteiger partial charge is 0.461 e. The first-order valence-electron chi connectivity index (χ1n) is 3.84. The fraction of sp³-hybridized carbons (Fsp3) is 0.300. The summed E-state index contributed by atoms with van der Waals surface area (Å²) in [6.07, 6.45) is 0. The summed E-state index contributed by atoms with van der Waals surface area (Å²) < 4.78 is 14.3. The molecule has 0 amide bonds. The highest BCUT2D eigenvalue weighted by Gasteiger charge is 1.93. The van der Waals surface area contributed by atoms with Crippen molar-refractivity contribution in [3.63, 3.8) is 0 Å². The van der Waals surface area contributed by atoms with Crippen molar-refractivity contribution in [1.82, 2.24) is 0 Å². The second-order valence-electron chi connectivity index (χ2n) is 2.27. The Morgan fingerprint density at radius 3 is 2.31 bits per heavy atom. The van der Waals surface area contributed by atoms with Crippen LogP contribution in [0.25, 0.3) is 0 Å². The Balaban J connectivity index is 0.000000671. The van der Waals surface area contributed by atoms with Crippen LogP contribution in [0, 0.1) is 0 Å². The van der Waals surface area contributed by atoms with Crippen LogP contribution in [0.15, 0.2) is 30.3 Å². The van der Waals surface area contributed by atoms with Gasteiger partial charge in [-0.1, -0.05) is 30.3 Å². The maximum atomic E-state index is 10.4. The molecule has 0 aromatic heterocycles. The first-order chi connectivity index (χ1) is 6.29. The third kappa shape index (κ3) is 5.84. The SMILES string of the molecule is CC(=O)OCc1ccccc1.CF. The van der Waals surface area contributed by atoms with E-state index in [0.29, 0.717) is 13.8 Å². The van der Waals surface area contributed by atoms with Gasteiger partial charge in [-0.25, -0.2) is 0 Å². The zero-order valence-electron chi connectivity index (χ0n) is 7.79. The maximum Gasteiger partial charge on any atom is 0.302 e. The van der Waals surface area contributed by atoms with Crippen LogP contribution in [0.2, 0.25) is 0 Å². The lowest BCUT2D eigenvalue weighted by molar-refractivity contribution is -0.142. The molecule has 3 heteroatoms. The van der Waals surface area contributed by atoms with E-state index in [1.54, 1.807) is 0 Å². The molecule has 0 spiro atoms. The molecule has 2 nitrogen and oxygen atoms in total. The first-order valence-corrected chi connectivity index (χ1v) is 3.84. The Hall–Kier alpha value is -1.38. The third-order valence-electron chi connectivity index (χ3n) is 1.28. The minimum absolute atomic E-state index is 0.242. The van der Waals surface area contributed by atoms with E-state index < -0.39 is 0 Å². The van der Waals surface area contributed by atoms with Crippen LogP contribution in [-0.4, -0.2) is 13.1 Å². The molecule has 0 bridgehead atoms. The zero-order valence-corrected chi connectivity index (χ0v) is 7.79. The third-order valence-corrected chi connectivity index (χ3v) is 1.28.